The Labute approximate surface area is 386 Å². The minimum absolute atomic E-state index is 0.0512. The summed E-state index contributed by atoms with van der Waals surface area (Å²) in [7, 11) is 0. The molecular weight excluding hydrogens is 877 g/mol. The van der Waals surface area contributed by atoms with Crippen molar-refractivity contribution in [1.29, 1.82) is 0 Å². The molecule has 5 heterocycles. The molecule has 1 aromatic carbocycles. The molecule has 5 aliphatic heterocycles. The predicted octanol–water partition coefficient (Wildman–Crippen LogP) is 3.39. The van der Waals surface area contributed by atoms with Gasteiger partial charge in [0.1, 0.15) is 29.7 Å². The highest BCUT2D eigenvalue weighted by Crippen LogP contribution is 2.53. The Bertz CT molecular complexity index is 2320. The lowest BCUT2D eigenvalue weighted by atomic mass is 9.57. The highest BCUT2D eigenvalue weighted by molar-refractivity contribution is 6.32. The van der Waals surface area contributed by atoms with Gasteiger partial charge in [-0.2, -0.15) is 0 Å². The second-order valence-corrected chi connectivity index (χ2v) is 19.3. The number of aromatic hydroxyl groups is 1. The van der Waals surface area contributed by atoms with Crippen molar-refractivity contribution in [2.24, 2.45) is 0 Å². The Morgan fingerprint density at radius 1 is 0.701 bits per heavy atom. The van der Waals surface area contributed by atoms with Crippen LogP contribution in [-0.4, -0.2) is 146 Å². The van der Waals surface area contributed by atoms with Crippen molar-refractivity contribution in [3.8, 4) is 5.75 Å². The summed E-state index contributed by atoms with van der Waals surface area (Å²) < 4.78 is 54.4. The highest BCUT2D eigenvalue weighted by atomic mass is 16.7. The number of hydrogen-bond donors (Lipinski definition) is 4. The summed E-state index contributed by atoms with van der Waals surface area (Å²) in [5.41, 5.74) is -8.05. The van der Waals surface area contributed by atoms with Crippen molar-refractivity contribution in [2.45, 2.75) is 189 Å². The molecular formula is C49H58O18. The van der Waals surface area contributed by atoms with Crippen molar-refractivity contribution in [2.75, 3.05) is 0 Å². The van der Waals surface area contributed by atoms with Crippen LogP contribution in [-0.2, 0) is 57.0 Å². The number of aliphatic hydroxyl groups excluding tert-OH is 1. The molecule has 362 valence electrons. The SMILES string of the molecule is CC1OC(OC2CCC(OC3C(O)CC(c4ccc5c(c4O)C(=O)C4=C(C5=O)[C@@]5(O)C(=O)C[C@](C)(OC6CCC(OC7C=CC(=O)C(C)O7)C(C)O6)C[C@@]5(O)C=C4)OC3C)OC2C)C=CC1=O. The first kappa shape index (κ1) is 47.9. The van der Waals surface area contributed by atoms with E-state index in [4.69, 9.17) is 42.6 Å². The lowest BCUT2D eigenvalue weighted by molar-refractivity contribution is -0.292. The zero-order valence-corrected chi connectivity index (χ0v) is 38.2. The molecule has 3 saturated heterocycles. The Morgan fingerprint density at radius 2 is 1.30 bits per heavy atom. The molecule has 4 N–H and O–H groups in total. The number of ether oxygens (including phenoxy) is 9. The van der Waals surface area contributed by atoms with Crippen LogP contribution >= 0.6 is 0 Å². The number of ketones is 5. The van der Waals surface area contributed by atoms with Gasteiger partial charge in [-0.25, -0.2) is 0 Å². The maximum Gasteiger partial charge on any atom is 0.198 e. The molecule has 4 fully saturated rings. The largest absolute Gasteiger partial charge is 0.507 e. The van der Waals surface area contributed by atoms with E-state index >= 15 is 0 Å². The van der Waals surface area contributed by atoms with Gasteiger partial charge in [-0.15, -0.1) is 0 Å². The molecule has 14 unspecified atom stereocenters. The number of benzene rings is 1. The van der Waals surface area contributed by atoms with Crippen LogP contribution in [0.2, 0.25) is 0 Å². The van der Waals surface area contributed by atoms with Crippen LogP contribution in [0.25, 0.3) is 0 Å². The number of Topliss-reactive ketones (excluding diaryl/α,β-unsaturated/α-hetero) is 3. The van der Waals surface area contributed by atoms with Crippen molar-refractivity contribution in [1.82, 2.24) is 0 Å². The van der Waals surface area contributed by atoms with E-state index in [0.29, 0.717) is 25.7 Å². The third-order valence-corrected chi connectivity index (χ3v) is 14.4. The van der Waals surface area contributed by atoms with Crippen LogP contribution in [0.1, 0.15) is 119 Å². The predicted molar refractivity (Wildman–Crippen MR) is 229 cm³/mol. The van der Waals surface area contributed by atoms with Crippen molar-refractivity contribution in [3.05, 3.63) is 76.4 Å². The van der Waals surface area contributed by atoms with Crippen LogP contribution in [0.3, 0.4) is 0 Å². The number of carbonyl (C=O) groups excluding carboxylic acids is 5. The van der Waals surface area contributed by atoms with Crippen LogP contribution < -0.4 is 0 Å². The van der Waals surface area contributed by atoms with E-state index < -0.39 is 132 Å². The number of carbonyl (C=O) groups is 5. The first-order valence-electron chi connectivity index (χ1n) is 23.1. The van der Waals surface area contributed by atoms with Gasteiger partial charge in [0.2, 0.25) is 0 Å². The van der Waals surface area contributed by atoms with Crippen molar-refractivity contribution >= 4 is 28.9 Å². The zero-order valence-electron chi connectivity index (χ0n) is 38.2. The van der Waals surface area contributed by atoms with Crippen LogP contribution in [0.4, 0.5) is 0 Å². The third kappa shape index (κ3) is 8.67. The van der Waals surface area contributed by atoms with Crippen molar-refractivity contribution < 1.29 is 87.0 Å². The Morgan fingerprint density at radius 3 is 1.88 bits per heavy atom. The number of fused-ring (bicyclic) bond motifs is 3. The number of rotatable bonds is 9. The summed E-state index contributed by atoms with van der Waals surface area (Å²) >= 11 is 0. The summed E-state index contributed by atoms with van der Waals surface area (Å²) in [6.07, 6.45) is -0.115. The van der Waals surface area contributed by atoms with Gasteiger partial charge in [-0.3, -0.25) is 24.0 Å². The van der Waals surface area contributed by atoms with E-state index in [1.54, 1.807) is 46.8 Å². The van der Waals surface area contributed by atoms with E-state index in [2.05, 4.69) is 0 Å². The lowest BCUT2D eigenvalue weighted by Gasteiger charge is -2.53. The molecule has 18 nitrogen and oxygen atoms in total. The first-order valence-corrected chi connectivity index (χ1v) is 23.1. The molecule has 8 aliphatic rings. The van der Waals surface area contributed by atoms with Gasteiger partial charge in [0.15, 0.2) is 59.7 Å². The topological polar surface area (TPSA) is 249 Å². The minimum atomic E-state index is -2.83. The average Bonchev–Trinajstić information content (AvgIpc) is 3.26. The van der Waals surface area contributed by atoms with Crippen LogP contribution in [0.5, 0.6) is 5.75 Å². The second-order valence-electron chi connectivity index (χ2n) is 19.3. The van der Waals surface area contributed by atoms with Gasteiger partial charge in [0.25, 0.3) is 0 Å². The normalized spacial score (nSPS) is 43.3. The van der Waals surface area contributed by atoms with Gasteiger partial charge < -0.3 is 63.1 Å². The number of phenolic OH excluding ortho intramolecular Hbond substituents is 1. The second kappa shape index (κ2) is 18.0. The molecule has 17 atom stereocenters. The maximum atomic E-state index is 14.4. The molecule has 0 amide bonds. The monoisotopic (exact) mass is 934 g/mol. The molecule has 1 saturated carbocycles. The smallest absolute Gasteiger partial charge is 0.198 e. The molecule has 0 radical (unpaired) electrons. The number of aliphatic hydroxyl groups is 3. The number of allylic oxidation sites excluding steroid dienone is 2. The van der Waals surface area contributed by atoms with Crippen LogP contribution in [0.15, 0.2) is 59.7 Å². The van der Waals surface area contributed by atoms with E-state index in [-0.39, 0.29) is 52.8 Å². The summed E-state index contributed by atoms with van der Waals surface area (Å²) in [4.78, 5) is 66.5. The fourth-order valence-corrected chi connectivity index (χ4v) is 10.7. The summed E-state index contributed by atoms with van der Waals surface area (Å²) in [6, 6.07) is 2.70. The summed E-state index contributed by atoms with van der Waals surface area (Å²) in [6.45, 7) is 10.2. The van der Waals surface area contributed by atoms with Gasteiger partial charge in [0, 0.05) is 48.8 Å². The van der Waals surface area contributed by atoms with E-state index in [0.717, 1.165) is 6.08 Å². The van der Waals surface area contributed by atoms with Gasteiger partial charge in [-0.1, -0.05) is 12.1 Å². The van der Waals surface area contributed by atoms with E-state index in [1.165, 1.54) is 30.4 Å². The maximum absolute atomic E-state index is 14.4. The minimum Gasteiger partial charge on any atom is -0.507 e. The molecule has 9 rings (SSSR count). The van der Waals surface area contributed by atoms with Crippen LogP contribution in [0, 0.1) is 0 Å². The van der Waals surface area contributed by atoms with E-state index in [1.807, 2.05) is 6.92 Å². The number of hydrogen-bond acceptors (Lipinski definition) is 18. The fraction of sp³-hybridized carbons (Fsp3) is 0.612. The Kier molecular flexibility index (Phi) is 12.9. The highest BCUT2D eigenvalue weighted by Gasteiger charge is 2.67. The first-order chi connectivity index (χ1) is 31.7. The molecule has 1 aromatic rings. The summed E-state index contributed by atoms with van der Waals surface area (Å²) in [5.74, 6) is -3.57. The zero-order chi connectivity index (χ0) is 47.9. The number of phenols is 1. The lowest BCUT2D eigenvalue weighted by Crippen LogP contribution is -2.69. The quantitative estimate of drug-likeness (QED) is 0.277. The van der Waals surface area contributed by atoms with Gasteiger partial charge >= 0.3 is 0 Å². The molecule has 18 heteroatoms. The molecule has 0 bridgehead atoms. The molecule has 67 heavy (non-hydrogen) atoms. The Balaban J connectivity index is 0.843. The Hall–Kier alpha value is -4.15. The molecule has 0 spiro atoms. The van der Waals surface area contributed by atoms with Gasteiger partial charge in [-0.05, 0) is 90.8 Å². The standard InChI is InChI=1S/C49H58O18/c1-22-30(50)9-13-37(60-22)64-33-11-15-39(62-24(33)3)66-46-26(5)59-35(19-32(46)52)27-7-8-28-41(43(27)54)44(55)29-17-18-48(57)21-47(6,20-36(53)49(48,58)42(29)45(28)56)67-40-16-12-34(25(4)63-40)65-38-14-10-31(51)23(2)61-38/h7-10,13-14,17-18,22-26,32-35,37-40,46,52,54,57-58H,11-12,15-16,19-21H2,1-6H3/t22?,23?,24?,25?,26?,32?,33?,34?,35?,37?,38?,39?,40?,46?,47-,48-,49-/m0/s1. The molecule has 0 aromatic heterocycles. The fourth-order valence-electron chi connectivity index (χ4n) is 10.7. The van der Waals surface area contributed by atoms with E-state index in [9.17, 15) is 44.4 Å². The van der Waals surface area contributed by atoms with Crippen molar-refractivity contribution in [3.63, 3.8) is 0 Å². The third-order valence-electron chi connectivity index (χ3n) is 14.4. The summed E-state index contributed by atoms with van der Waals surface area (Å²) in [5, 5.41) is 47.6. The average molecular weight is 935 g/mol. The molecule has 3 aliphatic carbocycles. The van der Waals surface area contributed by atoms with Gasteiger partial charge in [0.05, 0.1) is 59.5 Å².